The van der Waals surface area contributed by atoms with Crippen LogP contribution >= 0.6 is 0 Å². The van der Waals surface area contributed by atoms with Crippen LogP contribution in [-0.4, -0.2) is 26.4 Å². The Hall–Kier alpha value is -3.04. The number of ether oxygens (including phenoxy) is 1. The number of rotatable bonds is 6. The van der Waals surface area contributed by atoms with Gasteiger partial charge in [-0.1, -0.05) is 18.2 Å². The molecule has 2 rings (SSSR count). The highest BCUT2D eigenvalue weighted by molar-refractivity contribution is 7.89. The van der Waals surface area contributed by atoms with Crippen LogP contribution < -0.4 is 10.5 Å². The van der Waals surface area contributed by atoms with Crippen molar-refractivity contribution in [1.82, 2.24) is 0 Å². The molecule has 0 radical (unpaired) electrons. The summed E-state index contributed by atoms with van der Waals surface area (Å²) < 4.78 is 40.8. The average molecular weight is 392 g/mol. The van der Waals surface area contributed by atoms with Gasteiger partial charge < -0.3 is 10.1 Å². The number of primary sulfonamides is 1. The average Bonchev–Trinajstić information content (AvgIpc) is 2.60. The first-order valence-electron chi connectivity index (χ1n) is 7.74. The molecule has 0 bridgehead atoms. The predicted octanol–water partition coefficient (Wildman–Crippen LogP) is 2.06. The van der Waals surface area contributed by atoms with Gasteiger partial charge in [0.05, 0.1) is 4.90 Å². The molecule has 0 aliphatic heterocycles. The van der Waals surface area contributed by atoms with Crippen LogP contribution in [0.15, 0.2) is 59.5 Å². The number of benzene rings is 2. The minimum Gasteiger partial charge on any atom is -0.449 e. The first-order valence-corrected chi connectivity index (χ1v) is 9.28. The van der Waals surface area contributed by atoms with E-state index in [1.165, 1.54) is 55.5 Å². The van der Waals surface area contributed by atoms with Crippen LogP contribution in [0.5, 0.6) is 0 Å². The molecule has 27 heavy (non-hydrogen) atoms. The fourth-order valence-corrected chi connectivity index (χ4v) is 2.52. The summed E-state index contributed by atoms with van der Waals surface area (Å²) in [5.41, 5.74) is 0.513. The van der Waals surface area contributed by atoms with E-state index >= 15 is 0 Å². The number of carbonyl (C=O) groups excluding carboxylic acids is 2. The highest BCUT2D eigenvalue weighted by atomic mass is 32.2. The van der Waals surface area contributed by atoms with Crippen LogP contribution in [0.4, 0.5) is 10.1 Å². The molecule has 2 aromatic carbocycles. The van der Waals surface area contributed by atoms with Gasteiger partial charge in [-0.15, -0.1) is 0 Å². The van der Waals surface area contributed by atoms with Crippen LogP contribution in [0, 0.1) is 5.82 Å². The molecule has 0 spiro atoms. The van der Waals surface area contributed by atoms with Crippen molar-refractivity contribution in [2.24, 2.45) is 5.14 Å². The Morgan fingerprint density at radius 3 is 2.37 bits per heavy atom. The minimum absolute atomic E-state index is 0.0988. The van der Waals surface area contributed by atoms with E-state index in [2.05, 4.69) is 5.32 Å². The summed E-state index contributed by atoms with van der Waals surface area (Å²) in [5.74, 6) is -1.92. The number of hydrogen-bond acceptors (Lipinski definition) is 5. The second-order valence-electron chi connectivity index (χ2n) is 5.49. The third-order valence-corrected chi connectivity index (χ3v) is 4.35. The summed E-state index contributed by atoms with van der Waals surface area (Å²) in [6, 6.07) is 11.0. The zero-order valence-corrected chi connectivity index (χ0v) is 15.1. The topological polar surface area (TPSA) is 116 Å². The number of nitrogens with one attached hydrogen (secondary N) is 1. The van der Waals surface area contributed by atoms with Gasteiger partial charge in [-0.25, -0.2) is 22.7 Å². The lowest BCUT2D eigenvalue weighted by atomic mass is 10.2. The Kier molecular flexibility index (Phi) is 6.43. The van der Waals surface area contributed by atoms with Crippen molar-refractivity contribution in [1.29, 1.82) is 0 Å². The summed E-state index contributed by atoms with van der Waals surface area (Å²) >= 11 is 0. The van der Waals surface area contributed by atoms with Crippen LogP contribution in [-0.2, 0) is 24.3 Å². The minimum atomic E-state index is -3.83. The van der Waals surface area contributed by atoms with Crippen LogP contribution in [0.3, 0.4) is 0 Å². The van der Waals surface area contributed by atoms with Crippen LogP contribution in [0.25, 0.3) is 6.08 Å². The van der Waals surface area contributed by atoms with E-state index in [4.69, 9.17) is 9.88 Å². The van der Waals surface area contributed by atoms with Gasteiger partial charge in [-0.2, -0.15) is 0 Å². The number of hydrogen-bond donors (Lipinski definition) is 2. The Morgan fingerprint density at radius 2 is 1.78 bits per heavy atom. The lowest BCUT2D eigenvalue weighted by Gasteiger charge is -2.12. The molecule has 0 heterocycles. The normalized spacial score (nSPS) is 12.6. The number of nitrogens with two attached hydrogens (primary N) is 1. The third-order valence-electron chi connectivity index (χ3n) is 3.42. The Bertz CT molecular complexity index is 972. The molecule has 1 amide bonds. The van der Waals surface area contributed by atoms with Gasteiger partial charge in [0.2, 0.25) is 10.0 Å². The van der Waals surface area contributed by atoms with E-state index in [9.17, 15) is 22.4 Å². The molecule has 3 N–H and O–H groups in total. The van der Waals surface area contributed by atoms with E-state index < -0.39 is 33.8 Å². The van der Waals surface area contributed by atoms with E-state index in [0.29, 0.717) is 5.69 Å². The number of carbonyl (C=O) groups is 2. The fourth-order valence-electron chi connectivity index (χ4n) is 2.01. The molecule has 0 aliphatic rings. The summed E-state index contributed by atoms with van der Waals surface area (Å²) in [7, 11) is -3.83. The van der Waals surface area contributed by atoms with Gasteiger partial charge in [0, 0.05) is 17.3 Å². The number of anilines is 1. The molecular weight excluding hydrogens is 375 g/mol. The van der Waals surface area contributed by atoms with E-state index in [-0.39, 0.29) is 10.5 Å². The summed E-state index contributed by atoms with van der Waals surface area (Å²) in [5, 5.41) is 7.46. The molecule has 2 aromatic rings. The molecule has 0 aromatic heterocycles. The number of esters is 1. The quantitative estimate of drug-likeness (QED) is 0.577. The molecule has 142 valence electrons. The standard InChI is InChI=1S/C18H17FN2O5S/c1-12(26-17(22)11-6-13-4-2-3-5-16(13)19)18(23)21-14-7-9-15(10-8-14)27(20,24)25/h2-12H,1H3,(H,21,23)(H2,20,24,25)/b11-6-/t12-/m0/s1. The third kappa shape index (κ3) is 6.01. The maximum atomic E-state index is 13.5. The lowest BCUT2D eigenvalue weighted by molar-refractivity contribution is -0.148. The van der Waals surface area contributed by atoms with Crippen molar-refractivity contribution in [3.63, 3.8) is 0 Å². The lowest BCUT2D eigenvalue weighted by Crippen LogP contribution is -2.29. The first kappa shape index (κ1) is 20.3. The SMILES string of the molecule is C[C@H](OC(=O)/C=C\c1ccccc1F)C(=O)Nc1ccc(S(N)(=O)=O)cc1. The zero-order chi connectivity index (χ0) is 20.0. The maximum Gasteiger partial charge on any atom is 0.331 e. The largest absolute Gasteiger partial charge is 0.449 e. The van der Waals surface area contributed by atoms with Crippen molar-refractivity contribution in [3.05, 3.63) is 66.0 Å². The first-order chi connectivity index (χ1) is 12.7. The molecule has 1 atom stereocenters. The fraction of sp³-hybridized carbons (Fsp3) is 0.111. The Morgan fingerprint density at radius 1 is 1.15 bits per heavy atom. The van der Waals surface area contributed by atoms with Crippen molar-refractivity contribution in [2.75, 3.05) is 5.32 Å². The van der Waals surface area contributed by atoms with Gasteiger partial charge in [-0.05, 0) is 43.3 Å². The van der Waals surface area contributed by atoms with Crippen molar-refractivity contribution < 1.29 is 27.1 Å². The van der Waals surface area contributed by atoms with Crippen molar-refractivity contribution >= 4 is 33.7 Å². The molecule has 0 saturated heterocycles. The summed E-state index contributed by atoms with van der Waals surface area (Å²) in [4.78, 5) is 23.7. The number of amides is 1. The zero-order valence-electron chi connectivity index (χ0n) is 14.3. The molecule has 0 saturated carbocycles. The van der Waals surface area contributed by atoms with Gasteiger partial charge in [0.1, 0.15) is 5.82 Å². The molecule has 7 nitrogen and oxygen atoms in total. The van der Waals surface area contributed by atoms with Crippen LogP contribution in [0.1, 0.15) is 12.5 Å². The van der Waals surface area contributed by atoms with Gasteiger partial charge >= 0.3 is 5.97 Å². The predicted molar refractivity (Wildman–Crippen MR) is 97.4 cm³/mol. The Balaban J connectivity index is 1.93. The maximum absolute atomic E-state index is 13.5. The number of sulfonamides is 1. The van der Waals surface area contributed by atoms with Crippen LogP contribution in [0.2, 0.25) is 0 Å². The molecule has 0 aliphatic carbocycles. The summed E-state index contributed by atoms with van der Waals surface area (Å²) in [6.07, 6.45) is 1.14. The van der Waals surface area contributed by atoms with Gasteiger partial charge in [-0.3, -0.25) is 4.79 Å². The highest BCUT2D eigenvalue weighted by Gasteiger charge is 2.17. The molecular formula is C18H17FN2O5S. The Labute approximate surface area is 155 Å². The molecule has 0 fully saturated rings. The van der Waals surface area contributed by atoms with E-state index in [1.807, 2.05) is 0 Å². The summed E-state index contributed by atoms with van der Waals surface area (Å²) in [6.45, 7) is 1.36. The monoisotopic (exact) mass is 392 g/mol. The number of halogens is 1. The van der Waals surface area contributed by atoms with Crippen molar-refractivity contribution in [2.45, 2.75) is 17.9 Å². The smallest absolute Gasteiger partial charge is 0.331 e. The van der Waals surface area contributed by atoms with E-state index in [0.717, 1.165) is 6.08 Å². The van der Waals surface area contributed by atoms with E-state index in [1.54, 1.807) is 6.07 Å². The van der Waals surface area contributed by atoms with Gasteiger partial charge in [0.15, 0.2) is 6.10 Å². The second-order valence-corrected chi connectivity index (χ2v) is 7.05. The molecule has 0 unspecified atom stereocenters. The second kappa shape index (κ2) is 8.56. The molecule has 9 heteroatoms. The van der Waals surface area contributed by atoms with Crippen molar-refractivity contribution in [3.8, 4) is 0 Å². The van der Waals surface area contributed by atoms with Gasteiger partial charge in [0.25, 0.3) is 5.91 Å². The highest BCUT2D eigenvalue weighted by Crippen LogP contribution is 2.13.